The number of methoxy groups -OCH3 is 1. The highest BCUT2D eigenvalue weighted by atomic mass is 35.5. The lowest BCUT2D eigenvalue weighted by molar-refractivity contribution is -0.385. The summed E-state index contributed by atoms with van der Waals surface area (Å²) in [6.07, 6.45) is -3.33. The second-order valence-electron chi connectivity index (χ2n) is 8.16. The Morgan fingerprint density at radius 3 is 2.43 bits per heavy atom. The normalized spacial score (nSPS) is 14.2. The number of hydrazine groups is 1. The number of urea groups is 1. The van der Waals surface area contributed by atoms with Crippen molar-refractivity contribution in [3.63, 3.8) is 0 Å². The highest BCUT2D eigenvalue weighted by Crippen LogP contribution is 2.41. The van der Waals surface area contributed by atoms with Crippen molar-refractivity contribution < 1.29 is 37.2 Å². The summed E-state index contributed by atoms with van der Waals surface area (Å²) in [7, 11) is 1.28. The smallest absolute Gasteiger partial charge is 0.416 e. The maximum absolute atomic E-state index is 13.0. The molecule has 3 aromatic rings. The minimum absolute atomic E-state index is 0.0364. The molecule has 0 aromatic heterocycles. The lowest BCUT2D eigenvalue weighted by Crippen LogP contribution is -2.46. The van der Waals surface area contributed by atoms with E-state index in [1.54, 1.807) is 0 Å². The van der Waals surface area contributed by atoms with Crippen LogP contribution in [0.25, 0.3) is 6.08 Å². The molecule has 3 amide bonds. The molecule has 0 radical (unpaired) electrons. The number of nitro benzene ring substituents is 1. The maximum Gasteiger partial charge on any atom is 0.416 e. The van der Waals surface area contributed by atoms with Crippen molar-refractivity contribution in [2.24, 2.45) is 0 Å². The van der Waals surface area contributed by atoms with E-state index >= 15 is 0 Å². The molecule has 0 spiro atoms. The molecule has 2 N–H and O–H groups in total. The molecular weight excluding hydrogens is 644 g/mol. The number of hydrogen-bond donors (Lipinski definition) is 2. The third-order valence-electron chi connectivity index (χ3n) is 5.37. The largest absolute Gasteiger partial charge is 0.493 e. The van der Waals surface area contributed by atoms with Gasteiger partial charge in [0.25, 0.3) is 5.91 Å². The van der Waals surface area contributed by atoms with E-state index in [1.807, 2.05) is 0 Å². The highest BCUT2D eigenvalue weighted by Gasteiger charge is 2.35. The van der Waals surface area contributed by atoms with Crippen molar-refractivity contribution in [3.8, 4) is 17.2 Å². The minimum Gasteiger partial charge on any atom is -0.493 e. The van der Waals surface area contributed by atoms with Crippen LogP contribution in [0, 0.1) is 10.1 Å². The Hall–Kier alpha value is -4.05. The molecule has 1 fully saturated rings. The maximum atomic E-state index is 13.0. The first-order valence-corrected chi connectivity index (χ1v) is 13.3. The van der Waals surface area contributed by atoms with Gasteiger partial charge in [-0.25, -0.2) is 10.2 Å². The number of amides is 3. The number of halogens is 5. The first kappa shape index (κ1) is 30.9. The van der Waals surface area contributed by atoms with E-state index < -0.39 is 40.0 Å². The van der Waals surface area contributed by atoms with E-state index in [4.69, 9.17) is 44.9 Å². The van der Waals surface area contributed by atoms with Gasteiger partial charge >= 0.3 is 17.9 Å². The van der Waals surface area contributed by atoms with Gasteiger partial charge in [-0.05, 0) is 66.3 Å². The van der Waals surface area contributed by atoms with Gasteiger partial charge in [0.1, 0.15) is 0 Å². The van der Waals surface area contributed by atoms with Crippen LogP contribution in [0.2, 0.25) is 10.0 Å². The molecular formula is C25H15Cl2F3N4O6S2. The SMILES string of the molecule is COc1cc(/C=C2/SC(=S)N(NC(=O)Nc3ccc(Cl)c(Cl)c3)C2=O)ccc1Oc1ccc(C(F)(F)F)cc1[N+](=O)[O-]. The number of alkyl halides is 3. The summed E-state index contributed by atoms with van der Waals surface area (Å²) in [6, 6.07) is 9.77. The molecule has 10 nitrogen and oxygen atoms in total. The summed E-state index contributed by atoms with van der Waals surface area (Å²) in [5, 5.41) is 15.3. The Kier molecular flexibility index (Phi) is 9.15. The number of thioether (sulfide) groups is 1. The molecule has 4 rings (SSSR count). The molecule has 0 bridgehead atoms. The number of carbonyl (C=O) groups excluding carboxylic acids is 2. The molecule has 1 aliphatic heterocycles. The zero-order valence-electron chi connectivity index (χ0n) is 20.8. The molecule has 0 atom stereocenters. The number of nitrogens with one attached hydrogen (secondary N) is 2. The minimum atomic E-state index is -4.78. The van der Waals surface area contributed by atoms with E-state index in [2.05, 4.69) is 10.7 Å². The number of rotatable bonds is 7. The Bertz CT molecular complexity index is 1650. The number of anilines is 1. The Balaban J connectivity index is 1.51. The topological polar surface area (TPSA) is 123 Å². The van der Waals surface area contributed by atoms with Crippen LogP contribution in [-0.2, 0) is 11.0 Å². The van der Waals surface area contributed by atoms with Crippen molar-refractivity contribution in [3.05, 3.63) is 90.8 Å². The predicted octanol–water partition coefficient (Wildman–Crippen LogP) is 7.66. The van der Waals surface area contributed by atoms with Crippen molar-refractivity contribution >= 4 is 80.9 Å². The van der Waals surface area contributed by atoms with Crippen LogP contribution < -0.4 is 20.2 Å². The molecule has 0 saturated carbocycles. The highest BCUT2D eigenvalue weighted by molar-refractivity contribution is 8.26. The van der Waals surface area contributed by atoms with Crippen molar-refractivity contribution in [2.75, 3.05) is 12.4 Å². The fourth-order valence-electron chi connectivity index (χ4n) is 3.45. The van der Waals surface area contributed by atoms with Gasteiger partial charge in [-0.1, -0.05) is 41.0 Å². The van der Waals surface area contributed by atoms with Crippen LogP contribution >= 0.6 is 47.2 Å². The van der Waals surface area contributed by atoms with Gasteiger partial charge < -0.3 is 14.8 Å². The van der Waals surface area contributed by atoms with Crippen molar-refractivity contribution in [2.45, 2.75) is 6.18 Å². The van der Waals surface area contributed by atoms with Crippen LogP contribution in [-0.4, -0.2) is 33.3 Å². The number of carbonyl (C=O) groups is 2. The Labute approximate surface area is 254 Å². The number of hydrogen-bond acceptors (Lipinski definition) is 8. The van der Waals surface area contributed by atoms with Gasteiger partial charge in [0, 0.05) is 11.8 Å². The summed E-state index contributed by atoms with van der Waals surface area (Å²) in [5.74, 6) is -1.04. The quantitative estimate of drug-likeness (QED) is 0.115. The lowest BCUT2D eigenvalue weighted by atomic mass is 10.1. The molecule has 1 aliphatic rings. The molecule has 0 aliphatic carbocycles. The van der Waals surface area contributed by atoms with Gasteiger partial charge in [-0.2, -0.15) is 18.2 Å². The summed E-state index contributed by atoms with van der Waals surface area (Å²) < 4.78 is 49.9. The van der Waals surface area contributed by atoms with E-state index in [9.17, 15) is 32.9 Å². The summed E-state index contributed by atoms with van der Waals surface area (Å²) >= 11 is 17.9. The Morgan fingerprint density at radius 1 is 1.07 bits per heavy atom. The van der Waals surface area contributed by atoms with Gasteiger partial charge in [0.05, 0.1) is 32.5 Å². The first-order valence-electron chi connectivity index (χ1n) is 11.3. The van der Waals surface area contributed by atoms with E-state index in [0.717, 1.165) is 22.8 Å². The Morgan fingerprint density at radius 2 is 1.79 bits per heavy atom. The van der Waals surface area contributed by atoms with Crippen LogP contribution in [0.4, 0.5) is 29.3 Å². The average molecular weight is 659 g/mol. The van der Waals surface area contributed by atoms with Crippen molar-refractivity contribution in [1.29, 1.82) is 0 Å². The number of thiocarbonyl (C=S) groups is 1. The number of benzene rings is 3. The molecule has 17 heteroatoms. The van der Waals surface area contributed by atoms with Crippen LogP contribution in [0.5, 0.6) is 17.2 Å². The molecule has 0 unspecified atom stereocenters. The predicted molar refractivity (Wildman–Crippen MR) is 155 cm³/mol. The molecule has 1 saturated heterocycles. The van der Waals surface area contributed by atoms with E-state index in [-0.39, 0.29) is 25.7 Å². The number of ether oxygens (including phenoxy) is 2. The van der Waals surface area contributed by atoms with Crippen LogP contribution in [0.3, 0.4) is 0 Å². The lowest BCUT2D eigenvalue weighted by Gasteiger charge is -2.16. The fourth-order valence-corrected chi connectivity index (χ4v) is 4.93. The van der Waals surface area contributed by atoms with E-state index in [0.29, 0.717) is 28.4 Å². The molecule has 218 valence electrons. The van der Waals surface area contributed by atoms with Crippen molar-refractivity contribution in [1.82, 2.24) is 10.4 Å². The molecule has 1 heterocycles. The zero-order chi connectivity index (χ0) is 30.8. The second kappa shape index (κ2) is 12.4. The monoisotopic (exact) mass is 658 g/mol. The third-order valence-corrected chi connectivity index (χ3v) is 7.41. The van der Waals surface area contributed by atoms with Crippen LogP contribution in [0.1, 0.15) is 11.1 Å². The van der Waals surface area contributed by atoms with Crippen LogP contribution in [0.15, 0.2) is 59.5 Å². The van der Waals surface area contributed by atoms with E-state index in [1.165, 1.54) is 49.6 Å². The van der Waals surface area contributed by atoms with Gasteiger partial charge in [0.2, 0.25) is 5.75 Å². The number of nitro groups is 1. The molecule has 42 heavy (non-hydrogen) atoms. The van der Waals surface area contributed by atoms with Gasteiger partial charge in [-0.3, -0.25) is 14.9 Å². The summed E-state index contributed by atoms with van der Waals surface area (Å²) in [4.78, 5) is 35.9. The summed E-state index contributed by atoms with van der Waals surface area (Å²) in [6.45, 7) is 0. The first-order chi connectivity index (χ1) is 19.8. The molecule has 3 aromatic carbocycles. The van der Waals surface area contributed by atoms with Gasteiger partial charge in [-0.15, -0.1) is 0 Å². The summed E-state index contributed by atoms with van der Waals surface area (Å²) in [5.41, 5.74) is 0.986. The average Bonchev–Trinajstić information content (AvgIpc) is 3.18. The second-order valence-corrected chi connectivity index (χ2v) is 10.7. The zero-order valence-corrected chi connectivity index (χ0v) is 24.0. The standard InChI is InChI=1S/C25H15Cl2F3N4O6S2/c1-39-20-8-12(2-6-19(20)40-18-7-3-13(25(28,29)30)10-17(18)34(37)38)9-21-22(35)33(24(41)42-21)32-23(36)31-14-4-5-15(26)16(27)11-14/h2-11H,1H3,(H2,31,32,36)/b21-9+. The van der Waals surface area contributed by atoms with Gasteiger partial charge in [0.15, 0.2) is 15.8 Å². The third kappa shape index (κ3) is 7.05. The number of nitrogens with zero attached hydrogens (tertiary/aromatic N) is 2. The fraction of sp³-hybridized carbons (Fsp3) is 0.0800.